The van der Waals surface area contributed by atoms with Crippen molar-refractivity contribution in [3.8, 4) is 12.3 Å². The highest BCUT2D eigenvalue weighted by Crippen LogP contribution is 2.67. The zero-order valence-electron chi connectivity index (χ0n) is 14.4. The molecule has 1 heteroatoms. The zero-order chi connectivity index (χ0) is 16.2. The van der Waals surface area contributed by atoms with Crippen LogP contribution in [0.5, 0.6) is 0 Å². The molecule has 1 nitrogen and oxygen atoms in total. The van der Waals surface area contributed by atoms with E-state index in [0.717, 1.165) is 37.5 Å². The van der Waals surface area contributed by atoms with E-state index in [1.807, 2.05) is 0 Å². The second-order valence-corrected chi connectivity index (χ2v) is 8.59. The molecule has 1 N–H and O–H groups in total. The molecule has 3 fully saturated rings. The second kappa shape index (κ2) is 5.25. The molecule has 1 unspecified atom stereocenters. The Labute approximate surface area is 141 Å². The van der Waals surface area contributed by atoms with E-state index in [9.17, 15) is 5.11 Å². The number of hydrogen-bond acceptors (Lipinski definition) is 1. The van der Waals surface area contributed by atoms with E-state index in [2.05, 4.69) is 31.6 Å². The lowest BCUT2D eigenvalue weighted by Crippen LogP contribution is -2.54. The molecule has 4 aliphatic carbocycles. The molecule has 0 radical (unpaired) electrons. The third-order valence-electron chi connectivity index (χ3n) is 8.11. The van der Waals surface area contributed by atoms with Crippen LogP contribution in [-0.4, -0.2) is 10.7 Å². The molecule has 7 atom stereocenters. The largest absolute Gasteiger partial charge is 0.377 e. The molecule has 0 heterocycles. The fraction of sp³-hybridized carbons (Fsp3) is 0.727. The third kappa shape index (κ3) is 1.91. The maximum atomic E-state index is 11.2. The molecule has 0 saturated heterocycles. The summed E-state index contributed by atoms with van der Waals surface area (Å²) in [5, 5.41) is 11.2. The smallest absolute Gasteiger partial charge is 0.131 e. The molecule has 124 valence electrons. The highest BCUT2D eigenvalue weighted by atomic mass is 16.3. The minimum atomic E-state index is -0.913. The average Bonchev–Trinajstić information content (AvgIpc) is 2.88. The molecule has 0 spiro atoms. The van der Waals surface area contributed by atoms with Crippen LogP contribution in [0.4, 0.5) is 0 Å². The van der Waals surface area contributed by atoms with Crippen LogP contribution in [0.3, 0.4) is 0 Å². The highest BCUT2D eigenvalue weighted by molar-refractivity contribution is 5.30. The summed E-state index contributed by atoms with van der Waals surface area (Å²) in [5.41, 5.74) is 0.370. The molecule has 0 bridgehead atoms. The topological polar surface area (TPSA) is 20.2 Å². The number of terminal acetylenes is 1. The van der Waals surface area contributed by atoms with Gasteiger partial charge in [-0.05, 0) is 81.0 Å². The summed E-state index contributed by atoms with van der Waals surface area (Å²) in [6, 6.07) is 0. The van der Waals surface area contributed by atoms with E-state index in [-0.39, 0.29) is 5.41 Å². The van der Waals surface area contributed by atoms with Crippen molar-refractivity contribution in [3.05, 3.63) is 24.3 Å². The van der Waals surface area contributed by atoms with Crippen LogP contribution in [0.1, 0.15) is 58.3 Å². The summed E-state index contributed by atoms with van der Waals surface area (Å²) in [6.45, 7) is 6.76. The van der Waals surface area contributed by atoms with Gasteiger partial charge in [-0.15, -0.1) is 6.42 Å². The summed E-state index contributed by atoms with van der Waals surface area (Å²) < 4.78 is 0. The molecule has 3 saturated carbocycles. The van der Waals surface area contributed by atoms with Gasteiger partial charge in [0.1, 0.15) is 5.60 Å². The Balaban J connectivity index is 1.73. The highest BCUT2D eigenvalue weighted by Gasteiger charge is 2.64. The van der Waals surface area contributed by atoms with Gasteiger partial charge in [0.05, 0.1) is 0 Å². The summed E-state index contributed by atoms with van der Waals surface area (Å²) in [7, 11) is 0. The van der Waals surface area contributed by atoms with Crippen molar-refractivity contribution in [3.63, 3.8) is 0 Å². The predicted octanol–water partition coefficient (Wildman–Crippen LogP) is 4.73. The van der Waals surface area contributed by atoms with Crippen molar-refractivity contribution in [2.75, 3.05) is 0 Å². The third-order valence-corrected chi connectivity index (χ3v) is 8.11. The van der Waals surface area contributed by atoms with E-state index in [1.54, 1.807) is 0 Å². The van der Waals surface area contributed by atoms with Gasteiger partial charge in [-0.25, -0.2) is 0 Å². The van der Waals surface area contributed by atoms with Gasteiger partial charge in [-0.2, -0.15) is 0 Å². The van der Waals surface area contributed by atoms with Crippen LogP contribution in [0.15, 0.2) is 24.3 Å². The Kier molecular flexibility index (Phi) is 3.54. The fourth-order valence-corrected chi connectivity index (χ4v) is 7.13. The summed E-state index contributed by atoms with van der Waals surface area (Å²) in [6.07, 6.45) is 19.7. The molecular weight excluding hydrogens is 280 g/mol. The van der Waals surface area contributed by atoms with Crippen LogP contribution in [0.2, 0.25) is 0 Å². The minimum absolute atomic E-state index is 0.114. The fourth-order valence-electron chi connectivity index (χ4n) is 7.13. The monoisotopic (exact) mass is 310 g/mol. The van der Waals surface area contributed by atoms with Crippen LogP contribution in [0, 0.1) is 47.3 Å². The van der Waals surface area contributed by atoms with E-state index in [0.29, 0.717) is 17.8 Å². The van der Waals surface area contributed by atoms with Gasteiger partial charge in [0.15, 0.2) is 0 Å². The lowest BCUT2D eigenvalue weighted by Gasteiger charge is -2.57. The first kappa shape index (κ1) is 15.5. The number of rotatable bonds is 1. The van der Waals surface area contributed by atoms with Crippen LogP contribution >= 0.6 is 0 Å². The zero-order valence-corrected chi connectivity index (χ0v) is 14.4. The van der Waals surface area contributed by atoms with E-state index in [1.165, 1.54) is 31.3 Å². The Hall–Kier alpha value is -1.00. The van der Waals surface area contributed by atoms with Crippen molar-refractivity contribution in [2.24, 2.45) is 35.0 Å². The Morgan fingerprint density at radius 1 is 1.30 bits per heavy atom. The molecule has 0 amide bonds. The normalized spacial score (nSPS) is 51.5. The van der Waals surface area contributed by atoms with Gasteiger partial charge < -0.3 is 5.11 Å². The first-order valence-corrected chi connectivity index (χ1v) is 9.61. The quantitative estimate of drug-likeness (QED) is 0.548. The molecule has 0 aromatic heterocycles. The number of allylic oxidation sites excluding steroid dienone is 3. The minimum Gasteiger partial charge on any atom is -0.377 e. The standard InChI is InChI=1S/C22H30O/c1-4-21-14-15(3)20-17-9-7-6-8-16(17)10-11-18(20)19(21)12-13-22(21,23)5-2/h2,6,8,16-20,23H,3-4,7,9-14H2,1H3/t16-,17-,18-,19+,20-,21-,22?/m0/s1. The Bertz CT molecular complexity index is 581. The lowest BCUT2D eigenvalue weighted by atomic mass is 9.47. The van der Waals surface area contributed by atoms with Gasteiger partial charge in [-0.3, -0.25) is 0 Å². The van der Waals surface area contributed by atoms with Gasteiger partial charge in [-0.1, -0.05) is 37.1 Å². The van der Waals surface area contributed by atoms with E-state index < -0.39 is 5.60 Å². The van der Waals surface area contributed by atoms with Crippen molar-refractivity contribution < 1.29 is 5.11 Å². The second-order valence-electron chi connectivity index (χ2n) is 8.59. The molecule has 4 rings (SSSR count). The van der Waals surface area contributed by atoms with Crippen LogP contribution in [-0.2, 0) is 0 Å². The summed E-state index contributed by atoms with van der Waals surface area (Å²) in [4.78, 5) is 0. The Morgan fingerprint density at radius 2 is 2.13 bits per heavy atom. The lowest BCUT2D eigenvalue weighted by molar-refractivity contribution is -0.0876. The number of aliphatic hydroxyl groups is 1. The van der Waals surface area contributed by atoms with Crippen LogP contribution in [0.25, 0.3) is 0 Å². The first-order chi connectivity index (χ1) is 11.1. The molecule has 4 aliphatic rings. The van der Waals surface area contributed by atoms with Gasteiger partial charge in [0, 0.05) is 5.41 Å². The SMILES string of the molecule is C#CC1(O)CC[C@@H]2[C@@H]3CC[C@@H]4C=CCC[C@@H]4[C@@H]3C(=C)C[C@@]21CC. The van der Waals surface area contributed by atoms with Gasteiger partial charge in [0.2, 0.25) is 0 Å². The van der Waals surface area contributed by atoms with Crippen molar-refractivity contribution in [1.82, 2.24) is 0 Å². The molecule has 23 heavy (non-hydrogen) atoms. The van der Waals surface area contributed by atoms with Crippen LogP contribution < -0.4 is 0 Å². The molecular formula is C22H30O. The van der Waals surface area contributed by atoms with E-state index >= 15 is 0 Å². The van der Waals surface area contributed by atoms with Gasteiger partial charge in [0.25, 0.3) is 0 Å². The van der Waals surface area contributed by atoms with E-state index in [4.69, 9.17) is 6.42 Å². The summed E-state index contributed by atoms with van der Waals surface area (Å²) in [5.74, 6) is 6.33. The first-order valence-electron chi connectivity index (χ1n) is 9.61. The number of hydrogen-bond donors (Lipinski definition) is 1. The maximum Gasteiger partial charge on any atom is 0.131 e. The molecule has 0 aromatic carbocycles. The Morgan fingerprint density at radius 3 is 2.87 bits per heavy atom. The summed E-state index contributed by atoms with van der Waals surface area (Å²) >= 11 is 0. The molecule has 0 aliphatic heterocycles. The molecule has 0 aromatic rings. The number of fused-ring (bicyclic) bond motifs is 5. The van der Waals surface area contributed by atoms with Gasteiger partial charge >= 0.3 is 0 Å². The predicted molar refractivity (Wildman–Crippen MR) is 94.6 cm³/mol. The van der Waals surface area contributed by atoms with Crippen molar-refractivity contribution in [2.45, 2.75) is 63.9 Å². The average molecular weight is 310 g/mol. The van der Waals surface area contributed by atoms with Crippen molar-refractivity contribution >= 4 is 0 Å². The van der Waals surface area contributed by atoms with Crippen molar-refractivity contribution in [1.29, 1.82) is 0 Å². The maximum absolute atomic E-state index is 11.2.